The van der Waals surface area contributed by atoms with Crippen molar-refractivity contribution in [3.8, 4) is 0 Å². The van der Waals surface area contributed by atoms with Gasteiger partial charge in [-0.15, -0.1) is 0 Å². The predicted octanol–water partition coefficient (Wildman–Crippen LogP) is -0.258. The second-order valence-electron chi connectivity index (χ2n) is 6.62. The summed E-state index contributed by atoms with van der Waals surface area (Å²) in [6.07, 6.45) is -3.20. The number of rotatable bonds is 4. The molecule has 140 valence electrons. The van der Waals surface area contributed by atoms with Gasteiger partial charge in [-0.05, 0) is 18.6 Å². The summed E-state index contributed by atoms with van der Waals surface area (Å²) < 4.78 is 34.0. The summed E-state index contributed by atoms with van der Waals surface area (Å²) in [5.41, 5.74) is 0.501. The average molecular weight is 358 g/mol. The van der Waals surface area contributed by atoms with Crippen LogP contribution >= 0.6 is 0 Å². The van der Waals surface area contributed by atoms with E-state index < -0.39 is 29.9 Å². The van der Waals surface area contributed by atoms with Gasteiger partial charge in [0.15, 0.2) is 0 Å². The Kier molecular flexibility index (Phi) is 5.85. The second-order valence-corrected chi connectivity index (χ2v) is 6.62. The third-order valence-electron chi connectivity index (χ3n) is 4.86. The van der Waals surface area contributed by atoms with Gasteiger partial charge in [-0.1, -0.05) is 0 Å². The molecular weight excluding hydrogens is 334 g/mol. The molecule has 0 aromatic heterocycles. The normalized spacial score (nSPS) is 28.4. The standard InChI is InChI=1S/C17H24F2N2O4/c18-13-7-11(21-3-5-25-6-4-21)8-14(19)12(13)1-2-20-9-15(22)17(24)16(23)10-20/h7-8,15-17,22-24H,1-6,9-10H2/t15-,16+,17?. The third kappa shape index (κ3) is 4.27. The summed E-state index contributed by atoms with van der Waals surface area (Å²) in [6, 6.07) is 2.68. The lowest BCUT2D eigenvalue weighted by atomic mass is 10.0. The molecule has 6 nitrogen and oxygen atoms in total. The lowest BCUT2D eigenvalue weighted by Crippen LogP contribution is -2.55. The van der Waals surface area contributed by atoms with Crippen LogP contribution in [0.1, 0.15) is 5.56 Å². The Hall–Kier alpha value is -1.32. The number of aliphatic hydroxyl groups excluding tert-OH is 3. The van der Waals surface area contributed by atoms with E-state index in [2.05, 4.69) is 0 Å². The van der Waals surface area contributed by atoms with Crippen LogP contribution in [0.2, 0.25) is 0 Å². The fourth-order valence-corrected chi connectivity index (χ4v) is 3.36. The molecule has 1 aromatic rings. The van der Waals surface area contributed by atoms with Crippen molar-refractivity contribution in [1.29, 1.82) is 0 Å². The van der Waals surface area contributed by atoms with E-state index in [1.165, 1.54) is 12.1 Å². The van der Waals surface area contributed by atoms with E-state index in [-0.39, 0.29) is 31.6 Å². The van der Waals surface area contributed by atoms with E-state index in [1.54, 1.807) is 4.90 Å². The number of morpholine rings is 1. The number of anilines is 1. The molecule has 2 aliphatic heterocycles. The quantitative estimate of drug-likeness (QED) is 0.689. The number of halogens is 2. The van der Waals surface area contributed by atoms with Crippen LogP contribution in [0, 0.1) is 11.6 Å². The van der Waals surface area contributed by atoms with Gasteiger partial charge in [0.1, 0.15) is 17.7 Å². The fraction of sp³-hybridized carbons (Fsp3) is 0.647. The second kappa shape index (κ2) is 7.92. The Bertz CT molecular complexity index is 563. The molecule has 0 spiro atoms. The van der Waals surface area contributed by atoms with Crippen LogP contribution in [-0.4, -0.2) is 84.5 Å². The third-order valence-corrected chi connectivity index (χ3v) is 4.86. The van der Waals surface area contributed by atoms with E-state index in [9.17, 15) is 24.1 Å². The van der Waals surface area contributed by atoms with Gasteiger partial charge in [0.2, 0.25) is 0 Å². The van der Waals surface area contributed by atoms with E-state index in [0.29, 0.717) is 32.0 Å². The summed E-state index contributed by atoms with van der Waals surface area (Å²) in [5, 5.41) is 28.9. The molecule has 8 heteroatoms. The first-order valence-electron chi connectivity index (χ1n) is 8.53. The molecule has 0 aliphatic carbocycles. The molecule has 0 radical (unpaired) electrons. The first kappa shape index (κ1) is 18.5. The highest BCUT2D eigenvalue weighted by Gasteiger charge is 2.33. The molecule has 0 saturated carbocycles. The van der Waals surface area contributed by atoms with Gasteiger partial charge in [-0.2, -0.15) is 0 Å². The van der Waals surface area contributed by atoms with Gasteiger partial charge in [-0.3, -0.25) is 4.90 Å². The maximum atomic E-state index is 14.4. The molecule has 2 heterocycles. The first-order chi connectivity index (χ1) is 12.0. The summed E-state index contributed by atoms with van der Waals surface area (Å²) >= 11 is 0. The topological polar surface area (TPSA) is 76.4 Å². The number of hydrogen-bond acceptors (Lipinski definition) is 6. The fourth-order valence-electron chi connectivity index (χ4n) is 3.36. The van der Waals surface area contributed by atoms with E-state index in [1.807, 2.05) is 4.90 Å². The van der Waals surface area contributed by atoms with Crippen molar-refractivity contribution in [2.75, 3.05) is 50.8 Å². The molecule has 3 rings (SSSR count). The van der Waals surface area contributed by atoms with Gasteiger partial charge in [0, 0.05) is 44.0 Å². The number of hydrogen-bond donors (Lipinski definition) is 3. The van der Waals surface area contributed by atoms with Crippen LogP contribution in [0.3, 0.4) is 0 Å². The van der Waals surface area contributed by atoms with Crippen LogP contribution in [0.4, 0.5) is 14.5 Å². The van der Waals surface area contributed by atoms with E-state index >= 15 is 0 Å². The van der Waals surface area contributed by atoms with Crippen molar-refractivity contribution < 1.29 is 28.8 Å². The molecule has 1 aromatic carbocycles. The number of likely N-dealkylation sites (tertiary alicyclic amines) is 1. The van der Waals surface area contributed by atoms with Crippen molar-refractivity contribution >= 4 is 5.69 Å². The van der Waals surface area contributed by atoms with E-state index in [0.717, 1.165) is 0 Å². The largest absolute Gasteiger partial charge is 0.389 e. The lowest BCUT2D eigenvalue weighted by molar-refractivity contribution is -0.109. The minimum atomic E-state index is -1.18. The zero-order valence-electron chi connectivity index (χ0n) is 13.9. The first-order valence-corrected chi connectivity index (χ1v) is 8.53. The van der Waals surface area contributed by atoms with Crippen molar-refractivity contribution in [3.05, 3.63) is 29.3 Å². The van der Waals surface area contributed by atoms with Gasteiger partial charge >= 0.3 is 0 Å². The molecule has 0 bridgehead atoms. The van der Waals surface area contributed by atoms with Crippen LogP contribution in [0.15, 0.2) is 12.1 Å². The maximum Gasteiger partial charge on any atom is 0.131 e. The number of aliphatic hydroxyl groups is 3. The van der Waals surface area contributed by atoms with Gasteiger partial charge < -0.3 is 25.0 Å². The highest BCUT2D eigenvalue weighted by atomic mass is 19.1. The van der Waals surface area contributed by atoms with Crippen molar-refractivity contribution in [1.82, 2.24) is 4.90 Å². The Morgan fingerprint density at radius 3 is 2.12 bits per heavy atom. The number of ether oxygens (including phenoxy) is 1. The Morgan fingerprint density at radius 1 is 1.00 bits per heavy atom. The lowest BCUT2D eigenvalue weighted by Gasteiger charge is -2.36. The van der Waals surface area contributed by atoms with Gasteiger partial charge in [-0.25, -0.2) is 8.78 Å². The summed E-state index contributed by atoms with van der Waals surface area (Å²) in [5.74, 6) is -1.20. The van der Waals surface area contributed by atoms with Gasteiger partial charge in [0.25, 0.3) is 0 Å². The van der Waals surface area contributed by atoms with Crippen molar-refractivity contribution in [2.24, 2.45) is 0 Å². The van der Waals surface area contributed by atoms with Gasteiger partial charge in [0.05, 0.1) is 25.4 Å². The molecule has 3 N–H and O–H groups in total. The highest BCUT2D eigenvalue weighted by molar-refractivity contribution is 5.49. The Morgan fingerprint density at radius 2 is 1.56 bits per heavy atom. The molecule has 2 saturated heterocycles. The van der Waals surface area contributed by atoms with E-state index in [4.69, 9.17) is 4.74 Å². The number of piperidine rings is 1. The molecule has 1 unspecified atom stereocenters. The minimum absolute atomic E-state index is 0.00730. The summed E-state index contributed by atoms with van der Waals surface area (Å²) in [6.45, 7) is 2.88. The van der Waals surface area contributed by atoms with Crippen LogP contribution in [0.25, 0.3) is 0 Å². The zero-order valence-corrected chi connectivity index (χ0v) is 13.9. The molecular formula is C17H24F2N2O4. The molecule has 25 heavy (non-hydrogen) atoms. The number of benzene rings is 1. The Labute approximate surface area is 145 Å². The number of nitrogens with zero attached hydrogens (tertiary/aromatic N) is 2. The molecule has 0 amide bonds. The predicted molar refractivity (Wildman–Crippen MR) is 87.6 cm³/mol. The SMILES string of the molecule is OC1[C@H](O)CN(CCc2c(F)cc(N3CCOCC3)cc2F)C[C@@H]1O. The summed E-state index contributed by atoms with van der Waals surface area (Å²) in [4.78, 5) is 3.58. The summed E-state index contributed by atoms with van der Waals surface area (Å²) in [7, 11) is 0. The molecule has 2 aliphatic rings. The monoisotopic (exact) mass is 358 g/mol. The smallest absolute Gasteiger partial charge is 0.131 e. The Balaban J connectivity index is 1.64. The highest BCUT2D eigenvalue weighted by Crippen LogP contribution is 2.24. The zero-order chi connectivity index (χ0) is 18.0. The average Bonchev–Trinajstić information content (AvgIpc) is 2.59. The van der Waals surface area contributed by atoms with Crippen molar-refractivity contribution in [3.63, 3.8) is 0 Å². The molecule has 3 atom stereocenters. The van der Waals surface area contributed by atoms with Crippen LogP contribution < -0.4 is 4.90 Å². The molecule has 2 fully saturated rings. The number of β-amino-alcohol motifs (C(OH)–C–C–N with tert-alkyl or cyclic N) is 2. The van der Waals surface area contributed by atoms with Crippen molar-refractivity contribution in [2.45, 2.75) is 24.7 Å². The minimum Gasteiger partial charge on any atom is -0.389 e. The van der Waals surface area contributed by atoms with Crippen LogP contribution in [0.5, 0.6) is 0 Å². The maximum absolute atomic E-state index is 14.4. The van der Waals surface area contributed by atoms with Crippen LogP contribution in [-0.2, 0) is 11.2 Å².